The molecule has 0 spiro atoms. The van der Waals surface area contributed by atoms with Crippen molar-refractivity contribution in [3.63, 3.8) is 0 Å². The predicted octanol–water partition coefficient (Wildman–Crippen LogP) is 1.70. The first-order valence-electron chi connectivity index (χ1n) is 5.66. The first kappa shape index (κ1) is 12.3. The van der Waals surface area contributed by atoms with Crippen LogP contribution >= 0.6 is 0 Å². The molecule has 0 amide bonds. The number of hydrogen-bond donors (Lipinski definition) is 2. The third-order valence-electron chi connectivity index (χ3n) is 2.62. The average Bonchev–Trinajstić information content (AvgIpc) is 2.40. The summed E-state index contributed by atoms with van der Waals surface area (Å²) in [7, 11) is 0. The van der Waals surface area contributed by atoms with Gasteiger partial charge in [-0.1, -0.05) is 36.4 Å². The van der Waals surface area contributed by atoms with Gasteiger partial charge in [-0.25, -0.2) is 0 Å². The molecule has 0 radical (unpaired) electrons. The molecule has 4 nitrogen and oxygen atoms in total. The van der Waals surface area contributed by atoms with Crippen LogP contribution in [0.4, 0.5) is 0 Å². The molecule has 0 aliphatic rings. The van der Waals surface area contributed by atoms with Crippen LogP contribution in [-0.4, -0.2) is 22.1 Å². The number of nitrogens with zero attached hydrogens (tertiary/aromatic N) is 1. The molecular weight excluding hydrogens is 228 g/mol. The third kappa shape index (κ3) is 2.93. The van der Waals surface area contributed by atoms with Crippen molar-refractivity contribution in [2.75, 3.05) is 0 Å². The molecule has 2 rings (SSSR count). The van der Waals surface area contributed by atoms with E-state index in [1.165, 1.54) is 0 Å². The minimum Gasteiger partial charge on any atom is -0.480 e. The van der Waals surface area contributed by atoms with Crippen LogP contribution in [0.2, 0.25) is 0 Å². The van der Waals surface area contributed by atoms with Gasteiger partial charge in [0.15, 0.2) is 0 Å². The van der Waals surface area contributed by atoms with E-state index in [0.717, 1.165) is 11.3 Å². The van der Waals surface area contributed by atoms with Crippen molar-refractivity contribution < 1.29 is 9.90 Å². The van der Waals surface area contributed by atoms with Crippen molar-refractivity contribution in [3.8, 4) is 11.3 Å². The van der Waals surface area contributed by atoms with Crippen molar-refractivity contribution in [1.29, 1.82) is 0 Å². The van der Waals surface area contributed by atoms with Gasteiger partial charge in [0.25, 0.3) is 0 Å². The normalized spacial score (nSPS) is 12.1. The highest BCUT2D eigenvalue weighted by Crippen LogP contribution is 2.16. The van der Waals surface area contributed by atoms with E-state index in [1.807, 2.05) is 42.5 Å². The van der Waals surface area contributed by atoms with Gasteiger partial charge in [0.1, 0.15) is 6.04 Å². The van der Waals surface area contributed by atoms with E-state index in [2.05, 4.69) is 4.98 Å². The molecule has 0 bridgehead atoms. The van der Waals surface area contributed by atoms with Gasteiger partial charge in [-0.15, -0.1) is 0 Å². The van der Waals surface area contributed by atoms with Gasteiger partial charge in [0, 0.05) is 17.7 Å². The largest absolute Gasteiger partial charge is 0.480 e. The molecule has 1 unspecified atom stereocenters. The molecule has 3 N–H and O–H groups in total. The molecule has 1 heterocycles. The monoisotopic (exact) mass is 242 g/mol. The lowest BCUT2D eigenvalue weighted by atomic mass is 10.1. The Kier molecular flexibility index (Phi) is 3.69. The minimum atomic E-state index is -1.01. The van der Waals surface area contributed by atoms with Crippen LogP contribution in [0.25, 0.3) is 11.3 Å². The summed E-state index contributed by atoms with van der Waals surface area (Å²) < 4.78 is 0. The van der Waals surface area contributed by atoms with Gasteiger partial charge in [0.2, 0.25) is 0 Å². The molecule has 1 aromatic heterocycles. The van der Waals surface area contributed by atoms with Crippen molar-refractivity contribution >= 4 is 5.97 Å². The number of rotatable bonds is 4. The second-order valence-corrected chi connectivity index (χ2v) is 4.03. The lowest BCUT2D eigenvalue weighted by Gasteiger charge is -2.07. The number of nitrogens with two attached hydrogens (primary N) is 1. The molecule has 1 aromatic carbocycles. The van der Waals surface area contributed by atoms with Crippen LogP contribution in [0.1, 0.15) is 5.69 Å². The first-order valence-corrected chi connectivity index (χ1v) is 5.66. The maximum absolute atomic E-state index is 10.7. The Morgan fingerprint density at radius 3 is 2.56 bits per heavy atom. The van der Waals surface area contributed by atoms with Crippen LogP contribution in [0.3, 0.4) is 0 Å². The Balaban J connectivity index is 2.23. The highest BCUT2D eigenvalue weighted by atomic mass is 16.4. The second-order valence-electron chi connectivity index (χ2n) is 4.03. The lowest BCUT2D eigenvalue weighted by molar-refractivity contribution is -0.138. The molecular formula is C14H14N2O2. The summed E-state index contributed by atoms with van der Waals surface area (Å²) in [6.45, 7) is 0. The number of carboxylic acid groups (broad SMARTS) is 1. The zero-order chi connectivity index (χ0) is 13.0. The third-order valence-corrected chi connectivity index (χ3v) is 2.62. The molecule has 0 fully saturated rings. The summed E-state index contributed by atoms with van der Waals surface area (Å²) in [4.78, 5) is 15.1. The fourth-order valence-corrected chi connectivity index (χ4v) is 1.68. The fourth-order valence-electron chi connectivity index (χ4n) is 1.68. The number of benzene rings is 1. The van der Waals surface area contributed by atoms with E-state index in [4.69, 9.17) is 10.8 Å². The number of carbonyl (C=O) groups is 1. The van der Waals surface area contributed by atoms with E-state index in [1.54, 1.807) is 6.07 Å². The predicted molar refractivity (Wildman–Crippen MR) is 69.0 cm³/mol. The Morgan fingerprint density at radius 2 is 1.89 bits per heavy atom. The average molecular weight is 242 g/mol. The molecule has 92 valence electrons. The quantitative estimate of drug-likeness (QED) is 0.855. The van der Waals surface area contributed by atoms with Crippen LogP contribution in [0.5, 0.6) is 0 Å². The highest BCUT2D eigenvalue weighted by molar-refractivity contribution is 5.73. The molecule has 0 saturated heterocycles. The van der Waals surface area contributed by atoms with Gasteiger partial charge >= 0.3 is 5.97 Å². The number of pyridine rings is 1. The number of aliphatic carboxylic acids is 1. The SMILES string of the molecule is NC(Cc1cccc(-c2ccccc2)n1)C(=O)O. The van der Waals surface area contributed by atoms with Crippen molar-refractivity contribution in [3.05, 3.63) is 54.2 Å². The minimum absolute atomic E-state index is 0.232. The molecule has 0 aliphatic carbocycles. The maximum atomic E-state index is 10.7. The second kappa shape index (κ2) is 5.42. The van der Waals surface area contributed by atoms with E-state index in [-0.39, 0.29) is 6.42 Å². The van der Waals surface area contributed by atoms with Crippen LogP contribution in [0, 0.1) is 0 Å². The van der Waals surface area contributed by atoms with Crippen molar-refractivity contribution in [2.24, 2.45) is 5.73 Å². The Bertz CT molecular complexity index is 541. The smallest absolute Gasteiger partial charge is 0.320 e. The number of hydrogen-bond acceptors (Lipinski definition) is 3. The van der Waals surface area contributed by atoms with Crippen LogP contribution in [-0.2, 0) is 11.2 Å². The van der Waals surface area contributed by atoms with Gasteiger partial charge in [-0.05, 0) is 12.1 Å². The summed E-state index contributed by atoms with van der Waals surface area (Å²) in [5, 5.41) is 8.78. The van der Waals surface area contributed by atoms with Gasteiger partial charge in [0.05, 0.1) is 5.69 Å². The van der Waals surface area contributed by atoms with Crippen molar-refractivity contribution in [2.45, 2.75) is 12.5 Å². The van der Waals surface area contributed by atoms with Crippen molar-refractivity contribution in [1.82, 2.24) is 4.98 Å². The molecule has 2 aromatic rings. The van der Waals surface area contributed by atoms with E-state index in [9.17, 15) is 4.79 Å². The first-order chi connectivity index (χ1) is 8.66. The summed E-state index contributed by atoms with van der Waals surface area (Å²) >= 11 is 0. The van der Waals surface area contributed by atoms with Gasteiger partial charge in [-0.2, -0.15) is 0 Å². The summed E-state index contributed by atoms with van der Waals surface area (Å²) in [6.07, 6.45) is 0.232. The standard InChI is InChI=1S/C14H14N2O2/c15-12(14(17)18)9-11-7-4-8-13(16-11)10-5-2-1-3-6-10/h1-8,12H,9,15H2,(H,17,18). The maximum Gasteiger partial charge on any atom is 0.320 e. The number of aromatic nitrogens is 1. The van der Waals surface area contributed by atoms with E-state index < -0.39 is 12.0 Å². The van der Waals surface area contributed by atoms with Gasteiger partial charge < -0.3 is 10.8 Å². The summed E-state index contributed by atoms with van der Waals surface area (Å²) in [6, 6.07) is 14.4. The van der Waals surface area contributed by atoms with E-state index in [0.29, 0.717) is 5.69 Å². The van der Waals surface area contributed by atoms with E-state index >= 15 is 0 Å². The molecule has 18 heavy (non-hydrogen) atoms. The fraction of sp³-hybridized carbons (Fsp3) is 0.143. The molecule has 0 saturated carbocycles. The number of carboxylic acids is 1. The highest BCUT2D eigenvalue weighted by Gasteiger charge is 2.13. The summed E-state index contributed by atoms with van der Waals surface area (Å²) in [5.41, 5.74) is 8.01. The van der Waals surface area contributed by atoms with Crippen LogP contribution < -0.4 is 5.73 Å². The lowest BCUT2D eigenvalue weighted by Crippen LogP contribution is -2.32. The Morgan fingerprint density at radius 1 is 1.17 bits per heavy atom. The zero-order valence-electron chi connectivity index (χ0n) is 9.78. The zero-order valence-corrected chi connectivity index (χ0v) is 9.78. The van der Waals surface area contributed by atoms with Crippen LogP contribution in [0.15, 0.2) is 48.5 Å². The Hall–Kier alpha value is -2.20. The molecule has 4 heteroatoms. The molecule has 0 aliphatic heterocycles. The Labute approximate surface area is 105 Å². The molecule has 1 atom stereocenters. The summed E-state index contributed by atoms with van der Waals surface area (Å²) in [5.74, 6) is -1.01. The topological polar surface area (TPSA) is 76.2 Å². The van der Waals surface area contributed by atoms with Gasteiger partial charge in [-0.3, -0.25) is 9.78 Å².